The Morgan fingerprint density at radius 1 is 0.481 bits per heavy atom. The summed E-state index contributed by atoms with van der Waals surface area (Å²) in [5.74, 6) is 0.960. The number of carbonyl (C=O) groups is 1. The van der Waals surface area contributed by atoms with E-state index < -0.39 is 0 Å². The molecule has 1 heterocycles. The summed E-state index contributed by atoms with van der Waals surface area (Å²) >= 11 is 0. The third-order valence-corrected chi connectivity index (χ3v) is 8.87. The maximum Gasteiger partial charge on any atom is 0.342 e. The zero-order valence-electron chi connectivity index (χ0n) is 28.8. The molecule has 10 nitrogen and oxygen atoms in total. The molecule has 1 aliphatic rings. The average molecular weight is 707 g/mol. The van der Waals surface area contributed by atoms with Gasteiger partial charge in [-0.2, -0.15) is 9.98 Å². The van der Waals surface area contributed by atoms with Crippen molar-refractivity contribution in [3.8, 4) is 12.0 Å². The van der Waals surface area contributed by atoms with E-state index in [2.05, 4.69) is 9.98 Å². The minimum Gasteiger partial charge on any atom is -0.388 e. The monoisotopic (exact) mass is 706 g/mol. The first-order valence-electron chi connectivity index (χ1n) is 17.0. The molecule has 6 aromatic rings. The number of hydrogen-bond acceptors (Lipinski definition) is 8. The zero-order valence-corrected chi connectivity index (χ0v) is 28.8. The quantitative estimate of drug-likeness (QED) is 0.0712. The molecule has 0 bridgehead atoms. The summed E-state index contributed by atoms with van der Waals surface area (Å²) in [6, 6.07) is 45.4. The Labute approximate surface area is 311 Å². The summed E-state index contributed by atoms with van der Waals surface area (Å²) in [6.07, 6.45) is 6.81. The molecule has 1 aliphatic heterocycles. The van der Waals surface area contributed by atoms with Gasteiger partial charge in [-0.15, -0.1) is 5.26 Å². The lowest BCUT2D eigenvalue weighted by Crippen LogP contribution is -2.65. The first-order valence-corrected chi connectivity index (χ1v) is 17.0. The molecule has 1 saturated heterocycles. The largest absolute Gasteiger partial charge is 0.388 e. The van der Waals surface area contributed by atoms with Crippen LogP contribution >= 0.6 is 0 Å². The van der Waals surface area contributed by atoms with Crippen molar-refractivity contribution in [2.75, 3.05) is 9.80 Å². The van der Waals surface area contributed by atoms with Crippen LogP contribution in [-0.2, 0) is 28.9 Å². The van der Waals surface area contributed by atoms with Gasteiger partial charge in [-0.25, -0.2) is 29.2 Å². The number of nitrogens with zero attached hydrogens (tertiary/aromatic N) is 6. The van der Waals surface area contributed by atoms with Crippen molar-refractivity contribution < 1.29 is 19.1 Å². The van der Waals surface area contributed by atoms with Crippen LogP contribution in [0.15, 0.2) is 161 Å². The van der Waals surface area contributed by atoms with Crippen LogP contribution in [0.25, 0.3) is 0 Å². The fourth-order valence-corrected chi connectivity index (χ4v) is 6.12. The number of anilines is 2. The second-order valence-corrected chi connectivity index (χ2v) is 12.5. The standard InChI is InChI=1S/C44H30N6O4/c45-28-54-42-23-11-36(12-24-42)27-35-9-21-41(22-10-35)50-43(48-39-17-5-33(6-18-39)25-31-1-13-37(14-2-31)46-29-51)49(44(50)53)40-19-7-34(8-20-40)26-32-3-15-38(16-4-32)47-30-52/h1-24H,25-27H2. The van der Waals surface area contributed by atoms with E-state index in [4.69, 9.17) is 15.0 Å². The molecule has 0 aromatic heterocycles. The average Bonchev–Trinajstić information content (AvgIpc) is 3.19. The molecule has 7 rings (SSSR count). The van der Waals surface area contributed by atoms with Crippen LogP contribution in [-0.4, -0.2) is 24.2 Å². The highest BCUT2D eigenvalue weighted by Gasteiger charge is 2.43. The van der Waals surface area contributed by atoms with Gasteiger partial charge in [-0.1, -0.05) is 72.8 Å². The Morgan fingerprint density at radius 2 is 0.815 bits per heavy atom. The third-order valence-electron chi connectivity index (χ3n) is 8.87. The molecule has 0 aliphatic carbocycles. The lowest BCUT2D eigenvalue weighted by atomic mass is 10.0. The van der Waals surface area contributed by atoms with Crippen molar-refractivity contribution in [2.24, 2.45) is 15.0 Å². The number of nitriles is 1. The van der Waals surface area contributed by atoms with E-state index in [1.54, 1.807) is 64.6 Å². The normalized spacial score (nSPS) is 12.6. The van der Waals surface area contributed by atoms with Gasteiger partial charge in [0.05, 0.1) is 28.4 Å². The van der Waals surface area contributed by atoms with Gasteiger partial charge in [0.2, 0.25) is 18.1 Å². The van der Waals surface area contributed by atoms with Crippen molar-refractivity contribution in [1.82, 2.24) is 0 Å². The molecule has 1 fully saturated rings. The van der Waals surface area contributed by atoms with E-state index in [1.807, 2.05) is 109 Å². The molecule has 0 spiro atoms. The number of benzene rings is 6. The van der Waals surface area contributed by atoms with Crippen molar-refractivity contribution >= 4 is 52.6 Å². The van der Waals surface area contributed by atoms with E-state index in [0.717, 1.165) is 33.4 Å². The molecule has 54 heavy (non-hydrogen) atoms. The van der Waals surface area contributed by atoms with Gasteiger partial charge in [-0.3, -0.25) is 0 Å². The van der Waals surface area contributed by atoms with Gasteiger partial charge in [0.15, 0.2) is 0 Å². The third kappa shape index (κ3) is 8.10. The van der Waals surface area contributed by atoms with Gasteiger partial charge in [-0.05, 0) is 125 Å². The van der Waals surface area contributed by atoms with E-state index in [1.165, 1.54) is 0 Å². The molecule has 0 N–H and O–H groups in total. The van der Waals surface area contributed by atoms with Crippen molar-refractivity contribution in [3.63, 3.8) is 0 Å². The second-order valence-electron chi connectivity index (χ2n) is 12.5. The lowest BCUT2D eigenvalue weighted by molar-refractivity contribution is 0.253. The van der Waals surface area contributed by atoms with Crippen LogP contribution in [0, 0.1) is 11.5 Å². The van der Waals surface area contributed by atoms with E-state index in [0.29, 0.717) is 59.4 Å². The summed E-state index contributed by atoms with van der Waals surface area (Å²) in [5.41, 5.74) is 9.55. The molecule has 10 heteroatoms. The number of rotatable bonds is 12. The second kappa shape index (κ2) is 16.1. The molecular weight excluding hydrogens is 677 g/mol. The summed E-state index contributed by atoms with van der Waals surface area (Å²) in [7, 11) is 0. The molecule has 0 atom stereocenters. The summed E-state index contributed by atoms with van der Waals surface area (Å²) in [6.45, 7) is 0. The van der Waals surface area contributed by atoms with Crippen LogP contribution < -0.4 is 14.5 Å². The van der Waals surface area contributed by atoms with E-state index >= 15 is 0 Å². The van der Waals surface area contributed by atoms with Crippen molar-refractivity contribution in [2.45, 2.75) is 19.3 Å². The fourth-order valence-electron chi connectivity index (χ4n) is 6.12. The number of ether oxygens (including phenoxy) is 1. The van der Waals surface area contributed by atoms with Crippen LogP contribution in [0.5, 0.6) is 5.75 Å². The Morgan fingerprint density at radius 3 is 1.17 bits per heavy atom. The molecule has 0 saturated carbocycles. The molecular formula is C44H30N6O4. The molecule has 2 amide bonds. The minimum absolute atomic E-state index is 0.229. The van der Waals surface area contributed by atoms with Crippen LogP contribution in [0.1, 0.15) is 33.4 Å². The first-order chi connectivity index (χ1) is 26.5. The Kier molecular flexibility index (Phi) is 10.4. The van der Waals surface area contributed by atoms with Gasteiger partial charge < -0.3 is 4.74 Å². The summed E-state index contributed by atoms with van der Waals surface area (Å²) in [5, 5.41) is 8.75. The van der Waals surface area contributed by atoms with Gasteiger partial charge in [0.1, 0.15) is 5.75 Å². The zero-order chi connectivity index (χ0) is 37.3. The van der Waals surface area contributed by atoms with Gasteiger partial charge in [0, 0.05) is 0 Å². The Balaban J connectivity index is 1.12. The Hall–Kier alpha value is -7.69. The summed E-state index contributed by atoms with van der Waals surface area (Å²) in [4.78, 5) is 50.5. The van der Waals surface area contributed by atoms with E-state index in [-0.39, 0.29) is 6.03 Å². The van der Waals surface area contributed by atoms with E-state index in [9.17, 15) is 14.4 Å². The maximum atomic E-state index is 13.9. The number of isocyanates is 2. The number of aliphatic imine (C=N–C) groups is 3. The number of hydrogen-bond donors (Lipinski definition) is 0. The van der Waals surface area contributed by atoms with Crippen LogP contribution in [0.2, 0.25) is 0 Å². The highest BCUT2D eigenvalue weighted by atomic mass is 16.5. The SMILES string of the molecule is N#COc1ccc(Cc2ccc(N3C(=O)N(c4ccc(Cc5ccc(N=C=O)cc5)cc4)C3=Nc3ccc(Cc4ccc(N=C=O)cc4)cc3)cc2)cc1. The summed E-state index contributed by atoms with van der Waals surface area (Å²) < 4.78 is 4.88. The first kappa shape index (κ1) is 34.7. The topological polar surface area (TPSA) is 128 Å². The maximum absolute atomic E-state index is 13.9. The highest BCUT2D eigenvalue weighted by Crippen LogP contribution is 2.33. The lowest BCUT2D eigenvalue weighted by Gasteiger charge is -2.42. The predicted molar refractivity (Wildman–Crippen MR) is 206 cm³/mol. The van der Waals surface area contributed by atoms with Crippen molar-refractivity contribution in [3.05, 3.63) is 179 Å². The smallest absolute Gasteiger partial charge is 0.342 e. The van der Waals surface area contributed by atoms with Crippen LogP contribution in [0.3, 0.4) is 0 Å². The number of urea groups is 1. The van der Waals surface area contributed by atoms with Gasteiger partial charge >= 0.3 is 6.03 Å². The highest BCUT2D eigenvalue weighted by molar-refractivity contribution is 6.43. The number of carbonyl (C=O) groups excluding carboxylic acids is 3. The van der Waals surface area contributed by atoms with Crippen LogP contribution in [0.4, 0.5) is 33.2 Å². The number of guanidine groups is 1. The van der Waals surface area contributed by atoms with Gasteiger partial charge in [0.25, 0.3) is 6.26 Å². The predicted octanol–water partition coefficient (Wildman–Crippen LogP) is 9.39. The minimum atomic E-state index is -0.229. The Bertz CT molecular complexity index is 2440. The molecule has 0 unspecified atom stereocenters. The van der Waals surface area contributed by atoms with Crippen molar-refractivity contribution in [1.29, 1.82) is 5.26 Å². The molecule has 6 aromatic carbocycles. The molecule has 260 valence electrons. The number of amides is 2. The fraction of sp³-hybridized carbons (Fsp3) is 0.0682. The molecule has 0 radical (unpaired) electrons.